The number of hydrogen-bond acceptors (Lipinski definition) is 4. The number of aromatic nitrogens is 2. The van der Waals surface area contributed by atoms with Gasteiger partial charge in [-0.1, -0.05) is 18.2 Å². The Kier molecular flexibility index (Phi) is 3.64. The number of thiophene rings is 1. The number of carboxylic acid groups (broad SMARTS) is 1. The van der Waals surface area contributed by atoms with Crippen molar-refractivity contribution in [3.63, 3.8) is 0 Å². The van der Waals surface area contributed by atoms with Gasteiger partial charge in [0.15, 0.2) is 5.82 Å². The van der Waals surface area contributed by atoms with Crippen molar-refractivity contribution in [2.75, 3.05) is 14.1 Å². The topological polar surface area (TPSA) is 70.7 Å². The van der Waals surface area contributed by atoms with Gasteiger partial charge in [-0.05, 0) is 18.2 Å². The number of rotatable bonds is 4. The normalized spacial score (nSPS) is 11.4. The largest absolute Gasteiger partial charge is 0.477 e. The van der Waals surface area contributed by atoms with Crippen LogP contribution in [0, 0.1) is 0 Å². The van der Waals surface area contributed by atoms with E-state index in [0.29, 0.717) is 5.82 Å². The lowest BCUT2D eigenvalue weighted by Gasteiger charge is -2.01. The molecule has 0 saturated heterocycles. The number of aromatic carboxylic acids is 1. The van der Waals surface area contributed by atoms with E-state index >= 15 is 0 Å². The fourth-order valence-electron chi connectivity index (χ4n) is 2.01. The molecule has 22 heavy (non-hydrogen) atoms. The number of hydrogen-bond donors (Lipinski definition) is 1. The summed E-state index contributed by atoms with van der Waals surface area (Å²) in [6, 6.07) is 11.2. The van der Waals surface area contributed by atoms with E-state index in [1.165, 1.54) is 11.3 Å². The summed E-state index contributed by atoms with van der Waals surface area (Å²) < 4.78 is 1.73. The summed E-state index contributed by atoms with van der Waals surface area (Å²) in [5, 5.41) is 14.5. The van der Waals surface area contributed by atoms with Crippen molar-refractivity contribution in [1.82, 2.24) is 14.7 Å². The highest BCUT2D eigenvalue weighted by Gasteiger charge is 2.18. The first-order valence-electron chi connectivity index (χ1n) is 6.58. The van der Waals surface area contributed by atoms with Gasteiger partial charge in [0.2, 0.25) is 0 Å². The summed E-state index contributed by atoms with van der Waals surface area (Å²) >= 11 is 1.20. The van der Waals surface area contributed by atoms with Crippen molar-refractivity contribution in [3.8, 4) is 5.69 Å². The van der Waals surface area contributed by atoms with Crippen LogP contribution in [0.1, 0.15) is 9.67 Å². The third-order valence-corrected chi connectivity index (χ3v) is 4.06. The zero-order valence-electron chi connectivity index (χ0n) is 12.1. The molecular formula is C15H14N4O2S. The first kappa shape index (κ1) is 14.3. The molecule has 0 aliphatic heterocycles. The molecule has 3 aromatic rings. The molecule has 3 rings (SSSR count). The molecule has 1 aromatic carbocycles. The number of carboxylic acids is 1. The van der Waals surface area contributed by atoms with Crippen LogP contribution in [-0.4, -0.2) is 46.2 Å². The van der Waals surface area contributed by atoms with Gasteiger partial charge < -0.3 is 10.0 Å². The number of nitrogens with zero attached hydrogens (tertiary/aromatic N) is 4. The summed E-state index contributed by atoms with van der Waals surface area (Å²) in [7, 11) is 3.73. The van der Waals surface area contributed by atoms with Crippen LogP contribution in [0.4, 0.5) is 5.82 Å². The first-order valence-corrected chi connectivity index (χ1v) is 7.40. The lowest BCUT2D eigenvalue weighted by molar-refractivity contribution is 0.0702. The van der Waals surface area contributed by atoms with Gasteiger partial charge in [0.05, 0.1) is 17.4 Å². The smallest absolute Gasteiger partial charge is 0.345 e. The Morgan fingerprint density at radius 3 is 2.73 bits per heavy atom. The Labute approximate surface area is 130 Å². The molecule has 0 bridgehead atoms. The molecule has 0 saturated carbocycles. The lowest BCUT2D eigenvalue weighted by atomic mass is 10.3. The van der Waals surface area contributed by atoms with Gasteiger partial charge in [0.25, 0.3) is 0 Å². The lowest BCUT2D eigenvalue weighted by Crippen LogP contribution is -2.07. The minimum absolute atomic E-state index is 0.276. The summed E-state index contributed by atoms with van der Waals surface area (Å²) in [6.07, 6.45) is 1.65. The summed E-state index contributed by atoms with van der Waals surface area (Å²) in [4.78, 5) is 18.4. The van der Waals surface area contributed by atoms with Crippen molar-refractivity contribution in [2.45, 2.75) is 0 Å². The average Bonchev–Trinajstić information content (AvgIpc) is 3.05. The Hall–Kier alpha value is -2.67. The minimum Gasteiger partial charge on any atom is -0.477 e. The van der Waals surface area contributed by atoms with E-state index in [2.05, 4.69) is 10.1 Å². The maximum absolute atomic E-state index is 11.2. The molecule has 1 N–H and O–H groups in total. The minimum atomic E-state index is -0.941. The Bertz CT molecular complexity index is 849. The molecule has 112 valence electrons. The molecule has 2 heterocycles. The SMILES string of the molecule is CN(C)C=Nc1nn(-c2ccccc2)c2sc(C(=O)O)cc12. The highest BCUT2D eigenvalue weighted by molar-refractivity contribution is 7.20. The van der Waals surface area contributed by atoms with Crippen LogP contribution in [0.5, 0.6) is 0 Å². The van der Waals surface area contributed by atoms with Gasteiger partial charge >= 0.3 is 5.97 Å². The van der Waals surface area contributed by atoms with Crippen LogP contribution in [0.15, 0.2) is 41.4 Å². The van der Waals surface area contributed by atoms with E-state index in [1.807, 2.05) is 44.4 Å². The monoisotopic (exact) mass is 314 g/mol. The fraction of sp³-hybridized carbons (Fsp3) is 0.133. The van der Waals surface area contributed by atoms with E-state index in [1.54, 1.807) is 22.0 Å². The molecule has 0 spiro atoms. The number of benzene rings is 1. The molecule has 0 unspecified atom stereocenters. The summed E-state index contributed by atoms with van der Waals surface area (Å²) in [5.74, 6) is -0.431. The number of fused-ring (bicyclic) bond motifs is 1. The van der Waals surface area contributed by atoms with E-state index < -0.39 is 5.97 Å². The van der Waals surface area contributed by atoms with Crippen molar-refractivity contribution in [3.05, 3.63) is 41.3 Å². The van der Waals surface area contributed by atoms with Gasteiger partial charge in [-0.3, -0.25) is 0 Å². The average molecular weight is 314 g/mol. The maximum atomic E-state index is 11.2. The Morgan fingerprint density at radius 2 is 2.09 bits per heavy atom. The number of carbonyl (C=O) groups is 1. The number of para-hydroxylation sites is 1. The second-order valence-electron chi connectivity index (χ2n) is 4.91. The molecule has 0 fully saturated rings. The van der Waals surface area contributed by atoms with Crippen molar-refractivity contribution >= 4 is 39.7 Å². The van der Waals surface area contributed by atoms with Gasteiger partial charge in [-0.25, -0.2) is 14.5 Å². The van der Waals surface area contributed by atoms with E-state index in [9.17, 15) is 9.90 Å². The van der Waals surface area contributed by atoms with Crippen LogP contribution in [0.25, 0.3) is 15.9 Å². The fourth-order valence-corrected chi connectivity index (χ4v) is 2.97. The zero-order chi connectivity index (χ0) is 15.7. The van der Waals surface area contributed by atoms with Crippen LogP contribution in [0.2, 0.25) is 0 Å². The number of aliphatic imine (C=N–C) groups is 1. The molecule has 0 atom stereocenters. The predicted octanol–water partition coefficient (Wildman–Crippen LogP) is 3.01. The van der Waals surface area contributed by atoms with Crippen LogP contribution in [0.3, 0.4) is 0 Å². The maximum Gasteiger partial charge on any atom is 0.345 e. The highest BCUT2D eigenvalue weighted by atomic mass is 32.1. The quantitative estimate of drug-likeness (QED) is 0.593. The van der Waals surface area contributed by atoms with Gasteiger partial charge in [-0.15, -0.1) is 16.4 Å². The molecule has 0 radical (unpaired) electrons. The van der Waals surface area contributed by atoms with Crippen LogP contribution in [-0.2, 0) is 0 Å². The second-order valence-corrected chi connectivity index (χ2v) is 5.94. The van der Waals surface area contributed by atoms with E-state index in [-0.39, 0.29) is 4.88 Å². The summed E-state index contributed by atoms with van der Waals surface area (Å²) in [5.41, 5.74) is 0.873. The summed E-state index contributed by atoms with van der Waals surface area (Å²) in [6.45, 7) is 0. The highest BCUT2D eigenvalue weighted by Crippen LogP contribution is 2.34. The van der Waals surface area contributed by atoms with Gasteiger partial charge in [0.1, 0.15) is 9.71 Å². The van der Waals surface area contributed by atoms with E-state index in [4.69, 9.17) is 0 Å². The third-order valence-electron chi connectivity index (χ3n) is 2.96. The molecule has 7 heteroatoms. The van der Waals surface area contributed by atoms with Crippen molar-refractivity contribution < 1.29 is 9.90 Å². The Balaban J connectivity index is 2.21. The standard InChI is InChI=1S/C15H14N4O2S/c1-18(2)9-16-13-11-8-12(15(20)21)22-14(11)19(17-13)10-6-4-3-5-7-10/h3-9H,1-2H3,(H,20,21). The van der Waals surface area contributed by atoms with Gasteiger partial charge in [-0.2, -0.15) is 0 Å². The van der Waals surface area contributed by atoms with Crippen molar-refractivity contribution in [2.24, 2.45) is 4.99 Å². The third kappa shape index (κ3) is 2.58. The molecular weight excluding hydrogens is 300 g/mol. The second kappa shape index (κ2) is 5.61. The molecule has 0 amide bonds. The molecule has 0 aliphatic carbocycles. The predicted molar refractivity (Wildman–Crippen MR) is 87.7 cm³/mol. The molecule has 2 aromatic heterocycles. The van der Waals surface area contributed by atoms with Crippen LogP contribution < -0.4 is 0 Å². The van der Waals surface area contributed by atoms with Crippen LogP contribution >= 0.6 is 11.3 Å². The zero-order valence-corrected chi connectivity index (χ0v) is 12.9. The molecule has 6 nitrogen and oxygen atoms in total. The van der Waals surface area contributed by atoms with Gasteiger partial charge in [0, 0.05) is 14.1 Å². The molecule has 0 aliphatic rings. The Morgan fingerprint density at radius 1 is 1.36 bits per heavy atom. The van der Waals surface area contributed by atoms with E-state index in [0.717, 1.165) is 15.9 Å². The van der Waals surface area contributed by atoms with Crippen molar-refractivity contribution in [1.29, 1.82) is 0 Å². The first-order chi connectivity index (χ1) is 10.6.